The largest absolute Gasteiger partial charge is 0.494 e. The summed E-state index contributed by atoms with van der Waals surface area (Å²) in [5, 5.41) is 8.94. The molecule has 4 aromatic carbocycles. The molecule has 210 valence electrons. The summed E-state index contributed by atoms with van der Waals surface area (Å²) in [6, 6.07) is 34.5. The van der Waals surface area contributed by atoms with Crippen molar-refractivity contribution in [2.24, 2.45) is 4.99 Å². The SMILES string of the molecule is CCc1ccc(N=Cc2ccc(OCCCCCCCCCOc3ccc(-c4ccc(C#N)cc4)cc3)cc2)cc1. The molecule has 0 heterocycles. The van der Waals surface area contributed by atoms with Crippen molar-refractivity contribution in [2.45, 2.75) is 58.3 Å². The number of nitrogens with zero attached hydrogens (tertiary/aromatic N) is 2. The number of benzene rings is 4. The van der Waals surface area contributed by atoms with E-state index in [1.807, 2.05) is 54.7 Å². The van der Waals surface area contributed by atoms with Gasteiger partial charge in [-0.05, 0) is 102 Å². The van der Waals surface area contributed by atoms with Gasteiger partial charge in [-0.3, -0.25) is 4.99 Å². The summed E-state index contributed by atoms with van der Waals surface area (Å²) in [5.74, 6) is 1.82. The Kier molecular flexibility index (Phi) is 12.0. The standard InChI is InChI=1S/C37H40N2O2/c1-2-30-12-20-35(21-13-30)39-29-32-14-22-36(23-15-32)40-26-8-6-4-3-5-7-9-27-41-37-24-18-34(19-25-37)33-16-10-31(28-38)11-17-33/h10-25,29H,2-9,26-27H2,1H3. The summed E-state index contributed by atoms with van der Waals surface area (Å²) in [6.45, 7) is 3.67. The zero-order valence-corrected chi connectivity index (χ0v) is 24.1. The van der Waals surface area contributed by atoms with E-state index in [1.165, 1.54) is 37.7 Å². The first-order valence-corrected chi connectivity index (χ1v) is 14.8. The van der Waals surface area contributed by atoms with Crippen molar-refractivity contribution >= 4 is 11.9 Å². The van der Waals surface area contributed by atoms with Crippen molar-refractivity contribution < 1.29 is 9.47 Å². The van der Waals surface area contributed by atoms with Crippen LogP contribution in [-0.4, -0.2) is 19.4 Å². The minimum atomic E-state index is 0.677. The maximum absolute atomic E-state index is 8.94. The third-order valence-corrected chi connectivity index (χ3v) is 7.12. The molecule has 0 saturated carbocycles. The number of nitriles is 1. The summed E-state index contributed by atoms with van der Waals surface area (Å²) in [5.41, 5.74) is 6.27. The number of hydrogen-bond acceptors (Lipinski definition) is 4. The van der Waals surface area contributed by atoms with Crippen LogP contribution in [0.1, 0.15) is 68.6 Å². The molecule has 4 aromatic rings. The third kappa shape index (κ3) is 10.3. The molecule has 0 aromatic heterocycles. The van der Waals surface area contributed by atoms with Crippen molar-refractivity contribution in [2.75, 3.05) is 13.2 Å². The van der Waals surface area contributed by atoms with Crippen LogP contribution < -0.4 is 9.47 Å². The molecule has 0 spiro atoms. The van der Waals surface area contributed by atoms with Crippen LogP contribution in [0.5, 0.6) is 11.5 Å². The van der Waals surface area contributed by atoms with Gasteiger partial charge >= 0.3 is 0 Å². The van der Waals surface area contributed by atoms with E-state index in [9.17, 15) is 0 Å². The van der Waals surface area contributed by atoms with Crippen LogP contribution in [0.15, 0.2) is 102 Å². The Labute approximate surface area is 245 Å². The molecule has 4 rings (SSSR count). The van der Waals surface area contributed by atoms with Gasteiger partial charge in [0.1, 0.15) is 11.5 Å². The van der Waals surface area contributed by atoms with E-state index in [1.54, 1.807) is 0 Å². The van der Waals surface area contributed by atoms with Gasteiger partial charge in [-0.2, -0.15) is 5.26 Å². The Morgan fingerprint density at radius 3 is 1.61 bits per heavy atom. The minimum absolute atomic E-state index is 0.677. The van der Waals surface area contributed by atoms with Gasteiger partial charge in [0.05, 0.1) is 30.5 Å². The summed E-state index contributed by atoms with van der Waals surface area (Å²) >= 11 is 0. The second-order valence-electron chi connectivity index (χ2n) is 10.2. The topological polar surface area (TPSA) is 54.6 Å². The van der Waals surface area contributed by atoms with E-state index < -0.39 is 0 Å². The highest BCUT2D eigenvalue weighted by molar-refractivity contribution is 5.82. The Bertz CT molecular complexity index is 1370. The second-order valence-corrected chi connectivity index (χ2v) is 10.2. The normalized spacial score (nSPS) is 10.9. The molecule has 0 unspecified atom stereocenters. The second kappa shape index (κ2) is 16.7. The summed E-state index contributed by atoms with van der Waals surface area (Å²) in [7, 11) is 0. The van der Waals surface area contributed by atoms with Crippen LogP contribution in [0.4, 0.5) is 5.69 Å². The average Bonchev–Trinajstić information content (AvgIpc) is 3.04. The summed E-state index contributed by atoms with van der Waals surface area (Å²) in [4.78, 5) is 4.56. The van der Waals surface area contributed by atoms with Crippen molar-refractivity contribution in [1.82, 2.24) is 0 Å². The van der Waals surface area contributed by atoms with Gasteiger partial charge in [0.15, 0.2) is 0 Å². The molecule has 4 heteroatoms. The molecule has 0 N–H and O–H groups in total. The average molecular weight is 545 g/mol. The van der Waals surface area contributed by atoms with Crippen LogP contribution in [-0.2, 0) is 6.42 Å². The molecule has 0 aliphatic rings. The van der Waals surface area contributed by atoms with Crippen LogP contribution in [0.3, 0.4) is 0 Å². The number of rotatable bonds is 16. The Morgan fingerprint density at radius 2 is 1.10 bits per heavy atom. The molecular formula is C37H40N2O2. The Balaban J connectivity index is 1.00. The number of unbranched alkanes of at least 4 members (excludes halogenated alkanes) is 6. The molecule has 4 nitrogen and oxygen atoms in total. The molecule has 0 saturated heterocycles. The molecule has 0 radical (unpaired) electrons. The highest BCUT2D eigenvalue weighted by Gasteiger charge is 2.01. The summed E-state index contributed by atoms with van der Waals surface area (Å²) in [6.07, 6.45) is 11.2. The van der Waals surface area contributed by atoms with Crippen LogP contribution >= 0.6 is 0 Å². The smallest absolute Gasteiger partial charge is 0.119 e. The monoisotopic (exact) mass is 544 g/mol. The van der Waals surface area contributed by atoms with E-state index in [2.05, 4.69) is 66.5 Å². The molecule has 0 bridgehead atoms. The van der Waals surface area contributed by atoms with Gasteiger partial charge in [0.2, 0.25) is 0 Å². The number of aliphatic imine (C=N–C) groups is 1. The lowest BCUT2D eigenvalue weighted by molar-refractivity contribution is 0.299. The van der Waals surface area contributed by atoms with Crippen LogP contribution in [0.2, 0.25) is 0 Å². The lowest BCUT2D eigenvalue weighted by atomic mass is 10.0. The molecule has 0 fully saturated rings. The molecule has 0 aliphatic heterocycles. The Hall–Kier alpha value is -4.36. The van der Waals surface area contributed by atoms with E-state index in [4.69, 9.17) is 14.7 Å². The van der Waals surface area contributed by atoms with E-state index in [-0.39, 0.29) is 0 Å². The van der Waals surface area contributed by atoms with E-state index >= 15 is 0 Å². The molecule has 0 atom stereocenters. The fourth-order valence-corrected chi connectivity index (χ4v) is 4.57. The fourth-order valence-electron chi connectivity index (χ4n) is 4.57. The van der Waals surface area contributed by atoms with Crippen molar-refractivity contribution in [1.29, 1.82) is 5.26 Å². The van der Waals surface area contributed by atoms with E-state index in [0.29, 0.717) is 5.56 Å². The third-order valence-electron chi connectivity index (χ3n) is 7.12. The zero-order valence-electron chi connectivity index (χ0n) is 24.1. The molecule has 0 aliphatic carbocycles. The van der Waals surface area contributed by atoms with Gasteiger partial charge in [-0.1, -0.05) is 75.4 Å². The minimum Gasteiger partial charge on any atom is -0.494 e. The van der Waals surface area contributed by atoms with E-state index in [0.717, 1.165) is 66.4 Å². The maximum atomic E-state index is 8.94. The zero-order chi connectivity index (χ0) is 28.5. The number of hydrogen-bond donors (Lipinski definition) is 0. The first kappa shape index (κ1) is 29.6. The molecule has 0 amide bonds. The maximum Gasteiger partial charge on any atom is 0.119 e. The highest BCUT2D eigenvalue weighted by Crippen LogP contribution is 2.23. The number of aryl methyl sites for hydroxylation is 1. The van der Waals surface area contributed by atoms with Crippen molar-refractivity contribution in [3.05, 3.63) is 114 Å². The van der Waals surface area contributed by atoms with Crippen LogP contribution in [0, 0.1) is 11.3 Å². The first-order valence-electron chi connectivity index (χ1n) is 14.8. The van der Waals surface area contributed by atoms with Gasteiger partial charge in [0.25, 0.3) is 0 Å². The highest BCUT2D eigenvalue weighted by atomic mass is 16.5. The lowest BCUT2D eigenvalue weighted by Gasteiger charge is -2.08. The predicted molar refractivity (Wildman–Crippen MR) is 169 cm³/mol. The van der Waals surface area contributed by atoms with Crippen molar-refractivity contribution in [3.63, 3.8) is 0 Å². The first-order chi connectivity index (χ1) is 20.2. The molecule has 41 heavy (non-hydrogen) atoms. The van der Waals surface area contributed by atoms with Gasteiger partial charge in [-0.15, -0.1) is 0 Å². The quantitative estimate of drug-likeness (QED) is 0.104. The number of ether oxygens (including phenoxy) is 2. The molecular weight excluding hydrogens is 504 g/mol. The predicted octanol–water partition coefficient (Wildman–Crippen LogP) is 9.73. The Morgan fingerprint density at radius 1 is 0.610 bits per heavy atom. The van der Waals surface area contributed by atoms with Gasteiger partial charge in [0, 0.05) is 6.21 Å². The summed E-state index contributed by atoms with van der Waals surface area (Å²) < 4.78 is 11.8. The van der Waals surface area contributed by atoms with Crippen molar-refractivity contribution in [3.8, 4) is 28.7 Å². The van der Waals surface area contributed by atoms with Gasteiger partial charge in [-0.25, -0.2) is 0 Å². The lowest BCUT2D eigenvalue weighted by Crippen LogP contribution is -1.98. The fraction of sp³-hybridized carbons (Fsp3) is 0.297. The van der Waals surface area contributed by atoms with Gasteiger partial charge < -0.3 is 9.47 Å². The van der Waals surface area contributed by atoms with Crippen LogP contribution in [0.25, 0.3) is 11.1 Å².